The maximum atomic E-state index is 4.59. The fourth-order valence-electron chi connectivity index (χ4n) is 1.55. The molecule has 0 aliphatic rings. The fraction of sp³-hybridized carbons (Fsp3) is 0.714. The molecule has 0 fully saturated rings. The van der Waals surface area contributed by atoms with Gasteiger partial charge in [-0.05, 0) is 26.7 Å². The number of rotatable bonds is 7. The van der Waals surface area contributed by atoms with Crippen molar-refractivity contribution in [2.75, 3.05) is 13.1 Å². The largest absolute Gasteiger partial charge is 0.357 e. The third-order valence-corrected chi connectivity index (χ3v) is 4.09. The van der Waals surface area contributed by atoms with E-state index in [1.165, 1.54) is 9.88 Å². The summed E-state index contributed by atoms with van der Waals surface area (Å²) in [5, 5.41) is 7.85. The Balaban J connectivity index is 2.45. The van der Waals surface area contributed by atoms with Crippen LogP contribution in [-0.2, 0) is 12.8 Å². The molecule has 1 unspecified atom stereocenters. The van der Waals surface area contributed by atoms with Crippen molar-refractivity contribution in [3.8, 4) is 0 Å². The van der Waals surface area contributed by atoms with Crippen LogP contribution in [0.15, 0.2) is 11.2 Å². The molecule has 0 saturated carbocycles. The van der Waals surface area contributed by atoms with Gasteiger partial charge in [-0.1, -0.05) is 13.8 Å². The molecule has 0 aromatic carbocycles. The monoisotopic (exact) mass is 282 g/mol. The molecule has 0 amide bonds. The maximum Gasteiger partial charge on any atom is 0.191 e. The molecule has 5 heteroatoms. The summed E-state index contributed by atoms with van der Waals surface area (Å²) in [4.78, 5) is 10.4. The molecular weight excluding hydrogens is 256 g/mol. The Morgan fingerprint density at radius 3 is 2.79 bits per heavy atom. The predicted molar refractivity (Wildman–Crippen MR) is 84.1 cm³/mol. The summed E-state index contributed by atoms with van der Waals surface area (Å²) in [6, 6.07) is 0.448. The summed E-state index contributed by atoms with van der Waals surface area (Å²) in [5.74, 6) is 0.907. The quantitative estimate of drug-likeness (QED) is 0.597. The Hall–Kier alpha value is -1.10. The van der Waals surface area contributed by atoms with Gasteiger partial charge in [0.25, 0.3) is 0 Å². The average molecular weight is 282 g/mol. The highest BCUT2D eigenvalue weighted by Crippen LogP contribution is 2.13. The van der Waals surface area contributed by atoms with Crippen molar-refractivity contribution < 1.29 is 0 Å². The lowest BCUT2D eigenvalue weighted by atomic mass is 10.3. The lowest BCUT2D eigenvalue weighted by Gasteiger charge is -2.15. The summed E-state index contributed by atoms with van der Waals surface area (Å²) in [7, 11) is 0. The van der Waals surface area contributed by atoms with Gasteiger partial charge in [-0.3, -0.25) is 4.99 Å². The second kappa shape index (κ2) is 8.91. The molecule has 0 aliphatic carbocycles. The molecular formula is C14H26N4S. The standard InChI is InChI=1S/C14H26N4S/c1-5-11(4)18-14(15-7-3)16-9-8-13-17-10-12(6-2)19-13/h10-11H,5-9H2,1-4H3,(H2,15,16,18). The number of hydrogen-bond donors (Lipinski definition) is 2. The van der Waals surface area contributed by atoms with Crippen molar-refractivity contribution >= 4 is 17.3 Å². The van der Waals surface area contributed by atoms with Gasteiger partial charge < -0.3 is 10.6 Å². The molecule has 0 aliphatic heterocycles. The van der Waals surface area contributed by atoms with Gasteiger partial charge in [-0.15, -0.1) is 11.3 Å². The molecule has 0 saturated heterocycles. The van der Waals surface area contributed by atoms with E-state index in [0.717, 1.165) is 38.3 Å². The van der Waals surface area contributed by atoms with Crippen LogP contribution in [0.5, 0.6) is 0 Å². The van der Waals surface area contributed by atoms with Gasteiger partial charge in [0.15, 0.2) is 5.96 Å². The van der Waals surface area contributed by atoms with E-state index in [9.17, 15) is 0 Å². The molecule has 4 nitrogen and oxygen atoms in total. The lowest BCUT2D eigenvalue weighted by Crippen LogP contribution is -2.42. The Morgan fingerprint density at radius 2 is 2.21 bits per heavy atom. The average Bonchev–Trinajstić information content (AvgIpc) is 2.86. The topological polar surface area (TPSA) is 49.3 Å². The Labute approximate surface area is 120 Å². The first kappa shape index (κ1) is 16.0. The Morgan fingerprint density at radius 1 is 1.42 bits per heavy atom. The number of hydrogen-bond acceptors (Lipinski definition) is 3. The van der Waals surface area contributed by atoms with Crippen LogP contribution in [-0.4, -0.2) is 30.1 Å². The summed E-state index contributed by atoms with van der Waals surface area (Å²) in [6.07, 6.45) is 5.06. The second-order valence-corrected chi connectivity index (χ2v) is 5.74. The van der Waals surface area contributed by atoms with Crippen LogP contribution in [0.1, 0.15) is 44.0 Å². The smallest absolute Gasteiger partial charge is 0.191 e. The lowest BCUT2D eigenvalue weighted by molar-refractivity contribution is 0.624. The zero-order chi connectivity index (χ0) is 14.1. The third kappa shape index (κ3) is 6.05. The van der Waals surface area contributed by atoms with Gasteiger partial charge >= 0.3 is 0 Å². The van der Waals surface area contributed by atoms with E-state index >= 15 is 0 Å². The summed E-state index contributed by atoms with van der Waals surface area (Å²) < 4.78 is 0. The van der Waals surface area contributed by atoms with Crippen LogP contribution in [0.25, 0.3) is 0 Å². The molecule has 1 atom stereocenters. The first-order chi connectivity index (χ1) is 9.19. The zero-order valence-corrected chi connectivity index (χ0v) is 13.3. The molecule has 19 heavy (non-hydrogen) atoms. The first-order valence-corrected chi connectivity index (χ1v) is 7.99. The van der Waals surface area contributed by atoms with E-state index in [0.29, 0.717) is 6.04 Å². The van der Waals surface area contributed by atoms with Gasteiger partial charge in [-0.25, -0.2) is 4.98 Å². The van der Waals surface area contributed by atoms with E-state index in [-0.39, 0.29) is 0 Å². The summed E-state index contributed by atoms with van der Waals surface area (Å²) in [5.41, 5.74) is 0. The number of nitrogens with one attached hydrogen (secondary N) is 2. The zero-order valence-electron chi connectivity index (χ0n) is 12.5. The van der Waals surface area contributed by atoms with Crippen LogP contribution in [0.3, 0.4) is 0 Å². The first-order valence-electron chi connectivity index (χ1n) is 7.17. The Bertz CT molecular complexity index is 387. The van der Waals surface area contributed by atoms with E-state index in [1.807, 2.05) is 6.20 Å². The number of thiazole rings is 1. The molecule has 1 rings (SSSR count). The van der Waals surface area contributed by atoms with Gasteiger partial charge in [0.05, 0.1) is 5.01 Å². The number of aromatic nitrogens is 1. The highest BCUT2D eigenvalue weighted by molar-refractivity contribution is 7.11. The maximum absolute atomic E-state index is 4.59. The highest BCUT2D eigenvalue weighted by Gasteiger charge is 2.03. The third-order valence-electron chi connectivity index (χ3n) is 2.89. The van der Waals surface area contributed by atoms with Crippen molar-refractivity contribution in [3.05, 3.63) is 16.1 Å². The minimum Gasteiger partial charge on any atom is -0.357 e. The summed E-state index contributed by atoms with van der Waals surface area (Å²) in [6.45, 7) is 10.3. The van der Waals surface area contributed by atoms with Gasteiger partial charge in [0, 0.05) is 36.6 Å². The molecule has 0 spiro atoms. The molecule has 2 N–H and O–H groups in total. The van der Waals surface area contributed by atoms with Crippen LogP contribution >= 0.6 is 11.3 Å². The summed E-state index contributed by atoms with van der Waals surface area (Å²) >= 11 is 1.80. The molecule has 0 bridgehead atoms. The van der Waals surface area contributed by atoms with Crippen molar-refractivity contribution in [1.82, 2.24) is 15.6 Å². The van der Waals surface area contributed by atoms with E-state index in [2.05, 4.69) is 48.3 Å². The number of guanidine groups is 1. The SMILES string of the molecule is CCNC(=NCCc1ncc(CC)s1)NC(C)CC. The number of nitrogens with zero attached hydrogens (tertiary/aromatic N) is 2. The number of aryl methyl sites for hydroxylation is 1. The van der Waals surface area contributed by atoms with Crippen molar-refractivity contribution in [2.24, 2.45) is 4.99 Å². The van der Waals surface area contributed by atoms with E-state index in [1.54, 1.807) is 11.3 Å². The minimum atomic E-state index is 0.448. The van der Waals surface area contributed by atoms with Crippen LogP contribution < -0.4 is 10.6 Å². The molecule has 1 aromatic heterocycles. The van der Waals surface area contributed by atoms with Crippen molar-refractivity contribution in [2.45, 2.75) is 53.0 Å². The predicted octanol–water partition coefficient (Wildman–Crippen LogP) is 2.60. The van der Waals surface area contributed by atoms with Gasteiger partial charge in [0.1, 0.15) is 0 Å². The molecule has 1 heterocycles. The van der Waals surface area contributed by atoms with Crippen LogP contribution in [0, 0.1) is 0 Å². The normalized spacial score (nSPS) is 13.4. The Kier molecular flexibility index (Phi) is 7.48. The van der Waals surface area contributed by atoms with Crippen molar-refractivity contribution in [1.29, 1.82) is 0 Å². The molecule has 108 valence electrons. The van der Waals surface area contributed by atoms with Crippen LogP contribution in [0.2, 0.25) is 0 Å². The van der Waals surface area contributed by atoms with Gasteiger partial charge in [-0.2, -0.15) is 0 Å². The number of aliphatic imine (C=N–C) groups is 1. The molecule has 0 radical (unpaired) electrons. The fourth-order valence-corrected chi connectivity index (χ4v) is 2.40. The van der Waals surface area contributed by atoms with Crippen molar-refractivity contribution in [3.63, 3.8) is 0 Å². The highest BCUT2D eigenvalue weighted by atomic mass is 32.1. The van der Waals surface area contributed by atoms with Crippen LogP contribution in [0.4, 0.5) is 0 Å². The minimum absolute atomic E-state index is 0.448. The molecule has 1 aromatic rings. The van der Waals surface area contributed by atoms with Gasteiger partial charge in [0.2, 0.25) is 0 Å². The van der Waals surface area contributed by atoms with E-state index in [4.69, 9.17) is 0 Å². The van der Waals surface area contributed by atoms with E-state index < -0.39 is 0 Å². The second-order valence-electron chi connectivity index (χ2n) is 4.54.